The molecule has 0 aromatic rings. The standard InChI is InChI=1S/C12H26N2/c1-11(2)7-9-13-8-6-10-14(5)12(3)4/h7,12-13H,6,8-10H2,1-5H3. The highest BCUT2D eigenvalue weighted by molar-refractivity contribution is 4.94. The topological polar surface area (TPSA) is 15.3 Å². The minimum atomic E-state index is 0.660. The molecule has 0 aliphatic carbocycles. The molecule has 0 fully saturated rings. The zero-order valence-electron chi connectivity index (χ0n) is 10.4. The molecule has 0 unspecified atom stereocenters. The molecule has 2 heteroatoms. The summed E-state index contributed by atoms with van der Waals surface area (Å²) in [7, 11) is 2.18. The van der Waals surface area contributed by atoms with Crippen molar-refractivity contribution >= 4 is 0 Å². The maximum atomic E-state index is 3.41. The summed E-state index contributed by atoms with van der Waals surface area (Å²) in [6.07, 6.45) is 3.46. The molecule has 0 saturated heterocycles. The van der Waals surface area contributed by atoms with Gasteiger partial charge in [0.15, 0.2) is 0 Å². The average molecular weight is 198 g/mol. The van der Waals surface area contributed by atoms with Crippen LogP contribution in [0.15, 0.2) is 11.6 Å². The van der Waals surface area contributed by atoms with Gasteiger partial charge >= 0.3 is 0 Å². The molecule has 0 aliphatic heterocycles. The van der Waals surface area contributed by atoms with Gasteiger partial charge in [-0.25, -0.2) is 0 Å². The minimum absolute atomic E-state index is 0.660. The largest absolute Gasteiger partial charge is 0.313 e. The molecule has 0 radical (unpaired) electrons. The van der Waals surface area contributed by atoms with E-state index < -0.39 is 0 Å². The summed E-state index contributed by atoms with van der Waals surface area (Å²) in [4.78, 5) is 2.38. The van der Waals surface area contributed by atoms with Crippen molar-refractivity contribution in [2.75, 3.05) is 26.7 Å². The third-order valence-corrected chi connectivity index (χ3v) is 2.40. The normalized spacial score (nSPS) is 11.1. The fraction of sp³-hybridized carbons (Fsp3) is 0.833. The number of hydrogen-bond donors (Lipinski definition) is 1. The van der Waals surface area contributed by atoms with Crippen molar-refractivity contribution in [3.05, 3.63) is 11.6 Å². The zero-order valence-corrected chi connectivity index (χ0v) is 10.4. The van der Waals surface area contributed by atoms with E-state index in [1.54, 1.807) is 0 Å². The zero-order chi connectivity index (χ0) is 11.0. The number of rotatable bonds is 7. The number of hydrogen-bond acceptors (Lipinski definition) is 2. The van der Waals surface area contributed by atoms with Crippen molar-refractivity contribution < 1.29 is 0 Å². The van der Waals surface area contributed by atoms with E-state index in [4.69, 9.17) is 0 Å². The summed E-state index contributed by atoms with van der Waals surface area (Å²) in [5.41, 5.74) is 1.39. The van der Waals surface area contributed by atoms with Crippen LogP contribution in [-0.2, 0) is 0 Å². The maximum absolute atomic E-state index is 3.41. The fourth-order valence-electron chi connectivity index (χ4n) is 1.09. The van der Waals surface area contributed by atoms with Gasteiger partial charge in [0.25, 0.3) is 0 Å². The van der Waals surface area contributed by atoms with E-state index in [0.29, 0.717) is 6.04 Å². The Hall–Kier alpha value is -0.340. The Balaban J connectivity index is 3.26. The van der Waals surface area contributed by atoms with E-state index in [-0.39, 0.29) is 0 Å². The lowest BCUT2D eigenvalue weighted by molar-refractivity contribution is 0.270. The predicted octanol–water partition coefficient (Wildman–Crippen LogP) is 2.27. The second-order valence-electron chi connectivity index (χ2n) is 4.41. The average Bonchev–Trinajstić information content (AvgIpc) is 2.09. The Labute approximate surface area is 89.4 Å². The first-order chi connectivity index (χ1) is 6.54. The quantitative estimate of drug-likeness (QED) is 0.499. The molecule has 0 aliphatic rings. The molecule has 14 heavy (non-hydrogen) atoms. The van der Waals surface area contributed by atoms with Gasteiger partial charge in [-0.1, -0.05) is 11.6 Å². The van der Waals surface area contributed by atoms with Crippen molar-refractivity contribution in [1.29, 1.82) is 0 Å². The molecular formula is C12H26N2. The summed E-state index contributed by atoms with van der Waals surface area (Å²) >= 11 is 0. The van der Waals surface area contributed by atoms with Crippen LogP contribution in [0.3, 0.4) is 0 Å². The van der Waals surface area contributed by atoms with Crippen LogP contribution in [0.4, 0.5) is 0 Å². The summed E-state index contributed by atoms with van der Waals surface area (Å²) in [5, 5.41) is 3.41. The van der Waals surface area contributed by atoms with Gasteiger partial charge in [-0.05, 0) is 54.3 Å². The molecule has 1 N–H and O–H groups in total. The van der Waals surface area contributed by atoms with Crippen LogP contribution in [0.25, 0.3) is 0 Å². The predicted molar refractivity (Wildman–Crippen MR) is 64.7 cm³/mol. The molecule has 0 saturated carbocycles. The highest BCUT2D eigenvalue weighted by atomic mass is 15.1. The SMILES string of the molecule is CC(C)=CCNCCCN(C)C(C)C. The number of nitrogens with zero attached hydrogens (tertiary/aromatic N) is 1. The van der Waals surface area contributed by atoms with E-state index in [1.807, 2.05) is 0 Å². The van der Waals surface area contributed by atoms with Crippen LogP contribution in [0.5, 0.6) is 0 Å². The number of nitrogens with one attached hydrogen (secondary N) is 1. The lowest BCUT2D eigenvalue weighted by atomic mass is 10.3. The van der Waals surface area contributed by atoms with Crippen molar-refractivity contribution in [3.8, 4) is 0 Å². The fourth-order valence-corrected chi connectivity index (χ4v) is 1.09. The van der Waals surface area contributed by atoms with Crippen molar-refractivity contribution in [2.45, 2.75) is 40.2 Å². The van der Waals surface area contributed by atoms with E-state index >= 15 is 0 Å². The molecule has 0 heterocycles. The maximum Gasteiger partial charge on any atom is 0.0137 e. The smallest absolute Gasteiger partial charge is 0.0137 e. The highest BCUT2D eigenvalue weighted by Gasteiger charge is 2.00. The van der Waals surface area contributed by atoms with E-state index in [2.05, 4.69) is 51.0 Å². The van der Waals surface area contributed by atoms with Gasteiger partial charge in [0.2, 0.25) is 0 Å². The Morgan fingerprint density at radius 2 is 2.00 bits per heavy atom. The van der Waals surface area contributed by atoms with Gasteiger partial charge in [-0.15, -0.1) is 0 Å². The Kier molecular flexibility index (Phi) is 7.81. The summed E-state index contributed by atoms with van der Waals surface area (Å²) in [6, 6.07) is 0.660. The third kappa shape index (κ3) is 8.27. The summed E-state index contributed by atoms with van der Waals surface area (Å²) < 4.78 is 0. The first-order valence-corrected chi connectivity index (χ1v) is 5.58. The Bertz CT molecular complexity index is 158. The molecule has 0 atom stereocenters. The molecule has 0 spiro atoms. The summed E-state index contributed by atoms with van der Waals surface area (Å²) in [6.45, 7) is 12.0. The molecule has 84 valence electrons. The van der Waals surface area contributed by atoms with E-state index in [9.17, 15) is 0 Å². The van der Waals surface area contributed by atoms with Crippen molar-refractivity contribution in [2.24, 2.45) is 0 Å². The van der Waals surface area contributed by atoms with Gasteiger partial charge in [0, 0.05) is 12.6 Å². The molecule has 2 nitrogen and oxygen atoms in total. The third-order valence-electron chi connectivity index (χ3n) is 2.40. The number of allylic oxidation sites excluding steroid dienone is 1. The second kappa shape index (κ2) is 8.01. The monoisotopic (exact) mass is 198 g/mol. The van der Waals surface area contributed by atoms with Gasteiger partial charge in [0.05, 0.1) is 0 Å². The molecule has 0 aromatic carbocycles. The van der Waals surface area contributed by atoms with Crippen LogP contribution in [0.2, 0.25) is 0 Å². The minimum Gasteiger partial charge on any atom is -0.313 e. The Morgan fingerprint density at radius 3 is 2.50 bits per heavy atom. The van der Waals surface area contributed by atoms with Crippen molar-refractivity contribution in [1.82, 2.24) is 10.2 Å². The van der Waals surface area contributed by atoms with Gasteiger partial charge in [-0.3, -0.25) is 0 Å². The van der Waals surface area contributed by atoms with Crippen LogP contribution < -0.4 is 5.32 Å². The van der Waals surface area contributed by atoms with Gasteiger partial charge in [-0.2, -0.15) is 0 Å². The van der Waals surface area contributed by atoms with Crippen LogP contribution in [0.1, 0.15) is 34.1 Å². The highest BCUT2D eigenvalue weighted by Crippen LogP contribution is 1.94. The van der Waals surface area contributed by atoms with Crippen molar-refractivity contribution in [3.63, 3.8) is 0 Å². The van der Waals surface area contributed by atoms with E-state index in [0.717, 1.165) is 13.1 Å². The lowest BCUT2D eigenvalue weighted by Gasteiger charge is -2.20. The molecule has 0 amide bonds. The second-order valence-corrected chi connectivity index (χ2v) is 4.41. The van der Waals surface area contributed by atoms with Crippen LogP contribution >= 0.6 is 0 Å². The molecule has 0 rings (SSSR count). The Morgan fingerprint density at radius 1 is 1.36 bits per heavy atom. The lowest BCUT2D eigenvalue weighted by Crippen LogP contribution is -2.29. The van der Waals surface area contributed by atoms with E-state index in [1.165, 1.54) is 18.5 Å². The van der Waals surface area contributed by atoms with Crippen LogP contribution in [0, 0.1) is 0 Å². The van der Waals surface area contributed by atoms with Crippen LogP contribution in [-0.4, -0.2) is 37.6 Å². The van der Waals surface area contributed by atoms with Gasteiger partial charge < -0.3 is 10.2 Å². The first kappa shape index (κ1) is 13.7. The summed E-state index contributed by atoms with van der Waals surface area (Å²) in [5.74, 6) is 0. The molecule has 0 aromatic heterocycles. The molecule has 0 bridgehead atoms. The van der Waals surface area contributed by atoms with Gasteiger partial charge in [0.1, 0.15) is 0 Å². The first-order valence-electron chi connectivity index (χ1n) is 5.58. The molecular weight excluding hydrogens is 172 g/mol.